The Morgan fingerprint density at radius 2 is 1.67 bits per heavy atom. The van der Waals surface area contributed by atoms with Gasteiger partial charge in [-0.1, -0.05) is 24.4 Å². The van der Waals surface area contributed by atoms with Crippen LogP contribution in [0, 0.1) is 5.92 Å². The molecule has 2 aliphatic heterocycles. The van der Waals surface area contributed by atoms with E-state index in [0.29, 0.717) is 50.0 Å². The van der Waals surface area contributed by atoms with Gasteiger partial charge in [-0.25, -0.2) is 13.1 Å². The average Bonchev–Trinajstić information content (AvgIpc) is 3.37. The zero-order valence-electron chi connectivity index (χ0n) is 16.9. The Kier molecular flexibility index (Phi) is 6.36. The van der Waals surface area contributed by atoms with Gasteiger partial charge in [-0.2, -0.15) is 0 Å². The topological polar surface area (TPSA) is 86.8 Å². The van der Waals surface area contributed by atoms with Gasteiger partial charge in [0.05, 0.1) is 10.8 Å². The van der Waals surface area contributed by atoms with E-state index in [2.05, 4.69) is 4.72 Å². The van der Waals surface area contributed by atoms with E-state index in [1.807, 2.05) is 4.90 Å². The van der Waals surface area contributed by atoms with Crippen molar-refractivity contribution in [1.82, 2.24) is 14.5 Å². The molecule has 0 aromatic heterocycles. The molecule has 2 saturated heterocycles. The minimum absolute atomic E-state index is 0.0304. The fraction of sp³-hybridized carbons (Fsp3) is 0.619. The Labute approximate surface area is 182 Å². The minimum Gasteiger partial charge on any atom is -0.342 e. The molecule has 0 unspecified atom stereocenters. The quantitative estimate of drug-likeness (QED) is 0.741. The highest BCUT2D eigenvalue weighted by Crippen LogP contribution is 2.30. The molecule has 0 radical (unpaired) electrons. The van der Waals surface area contributed by atoms with Gasteiger partial charge in [0.2, 0.25) is 21.8 Å². The SMILES string of the molecule is O=C([C@@H]1CC(=O)N(C2CCCC2)C1)N1CCC(NS(=O)(=O)c2ccc(Cl)cc2)CC1. The Morgan fingerprint density at radius 1 is 1.03 bits per heavy atom. The van der Waals surface area contributed by atoms with Crippen molar-refractivity contribution in [3.8, 4) is 0 Å². The van der Waals surface area contributed by atoms with Gasteiger partial charge in [0.25, 0.3) is 0 Å². The summed E-state index contributed by atoms with van der Waals surface area (Å²) in [4.78, 5) is 29.2. The van der Waals surface area contributed by atoms with Crippen molar-refractivity contribution >= 4 is 33.4 Å². The molecule has 2 heterocycles. The Morgan fingerprint density at radius 3 is 2.30 bits per heavy atom. The maximum Gasteiger partial charge on any atom is 0.240 e. The monoisotopic (exact) mass is 453 g/mol. The number of piperidine rings is 1. The van der Waals surface area contributed by atoms with Crippen LogP contribution in [0.25, 0.3) is 0 Å². The second-order valence-corrected chi connectivity index (χ2v) is 10.7. The summed E-state index contributed by atoms with van der Waals surface area (Å²) >= 11 is 5.83. The predicted molar refractivity (Wildman–Crippen MR) is 113 cm³/mol. The molecule has 164 valence electrons. The van der Waals surface area contributed by atoms with Crippen molar-refractivity contribution in [3.63, 3.8) is 0 Å². The molecular weight excluding hydrogens is 426 g/mol. The van der Waals surface area contributed by atoms with Crippen LogP contribution in [0.2, 0.25) is 5.02 Å². The highest BCUT2D eigenvalue weighted by atomic mass is 35.5. The number of rotatable bonds is 5. The largest absolute Gasteiger partial charge is 0.342 e. The third-order valence-electron chi connectivity index (χ3n) is 6.53. The van der Waals surface area contributed by atoms with Crippen molar-refractivity contribution < 1.29 is 18.0 Å². The molecule has 1 aromatic carbocycles. The lowest BCUT2D eigenvalue weighted by atomic mass is 10.0. The maximum absolute atomic E-state index is 12.9. The van der Waals surface area contributed by atoms with Crippen LogP contribution in [0.4, 0.5) is 0 Å². The summed E-state index contributed by atoms with van der Waals surface area (Å²) < 4.78 is 27.9. The van der Waals surface area contributed by atoms with Gasteiger partial charge < -0.3 is 9.80 Å². The number of nitrogens with zero attached hydrogens (tertiary/aromatic N) is 2. The first kappa shape index (κ1) is 21.6. The van der Waals surface area contributed by atoms with Gasteiger partial charge in [-0.05, 0) is 49.9 Å². The summed E-state index contributed by atoms with van der Waals surface area (Å²) in [7, 11) is -3.62. The Bertz CT molecular complexity index is 891. The summed E-state index contributed by atoms with van der Waals surface area (Å²) in [5, 5.41) is 0.484. The number of sulfonamides is 1. The van der Waals surface area contributed by atoms with Crippen molar-refractivity contribution in [2.75, 3.05) is 19.6 Å². The molecule has 9 heteroatoms. The predicted octanol–water partition coefficient (Wildman–Crippen LogP) is 2.40. The molecule has 2 amide bonds. The van der Waals surface area contributed by atoms with Crippen molar-refractivity contribution in [2.24, 2.45) is 5.92 Å². The first-order valence-electron chi connectivity index (χ1n) is 10.7. The fourth-order valence-electron chi connectivity index (χ4n) is 4.84. The molecule has 3 fully saturated rings. The molecule has 0 bridgehead atoms. The summed E-state index contributed by atoms with van der Waals surface area (Å²) in [6.07, 6.45) is 5.84. The van der Waals surface area contributed by atoms with Crippen LogP contribution in [0.1, 0.15) is 44.9 Å². The van der Waals surface area contributed by atoms with Crippen LogP contribution < -0.4 is 4.72 Å². The lowest BCUT2D eigenvalue weighted by Gasteiger charge is -2.33. The van der Waals surface area contributed by atoms with Crippen molar-refractivity contribution in [3.05, 3.63) is 29.3 Å². The number of carbonyl (C=O) groups is 2. The first-order chi connectivity index (χ1) is 14.3. The number of nitrogens with one attached hydrogen (secondary N) is 1. The lowest BCUT2D eigenvalue weighted by molar-refractivity contribution is -0.136. The van der Waals surface area contributed by atoms with Crippen LogP contribution in [0.5, 0.6) is 0 Å². The number of hydrogen-bond acceptors (Lipinski definition) is 4. The molecule has 4 rings (SSSR count). The van der Waals surface area contributed by atoms with Crippen molar-refractivity contribution in [1.29, 1.82) is 0 Å². The van der Waals surface area contributed by atoms with E-state index < -0.39 is 10.0 Å². The molecule has 0 spiro atoms. The zero-order chi connectivity index (χ0) is 21.3. The summed E-state index contributed by atoms with van der Waals surface area (Å²) in [6, 6.07) is 6.16. The molecule has 1 aliphatic carbocycles. The molecule has 30 heavy (non-hydrogen) atoms. The van der Waals surface area contributed by atoms with E-state index in [4.69, 9.17) is 11.6 Å². The summed E-state index contributed by atoms with van der Waals surface area (Å²) in [6.45, 7) is 1.53. The van der Waals surface area contributed by atoms with Crippen molar-refractivity contribution in [2.45, 2.75) is 61.9 Å². The van der Waals surface area contributed by atoms with Gasteiger partial charge >= 0.3 is 0 Å². The lowest BCUT2D eigenvalue weighted by Crippen LogP contribution is -2.48. The van der Waals surface area contributed by atoms with Gasteiger partial charge in [-0.3, -0.25) is 9.59 Å². The van der Waals surface area contributed by atoms with Gasteiger partial charge in [-0.15, -0.1) is 0 Å². The number of hydrogen-bond donors (Lipinski definition) is 1. The molecule has 1 aromatic rings. The number of benzene rings is 1. The Hall–Kier alpha value is -1.64. The molecule has 1 atom stereocenters. The van der Waals surface area contributed by atoms with E-state index in [1.165, 1.54) is 12.1 Å². The molecular formula is C21H28ClN3O4S. The second kappa shape index (κ2) is 8.85. The molecule has 1 saturated carbocycles. The molecule has 1 N–H and O–H groups in total. The molecule has 3 aliphatic rings. The summed E-state index contributed by atoms with van der Waals surface area (Å²) in [5.41, 5.74) is 0. The average molecular weight is 454 g/mol. The fourth-order valence-corrected chi connectivity index (χ4v) is 6.27. The summed E-state index contributed by atoms with van der Waals surface area (Å²) in [5.74, 6) is -0.130. The smallest absolute Gasteiger partial charge is 0.240 e. The van der Waals surface area contributed by atoms with Gasteiger partial charge in [0, 0.05) is 43.2 Å². The highest BCUT2D eigenvalue weighted by molar-refractivity contribution is 7.89. The van der Waals surface area contributed by atoms with Crippen LogP contribution in [-0.2, 0) is 19.6 Å². The number of amides is 2. The first-order valence-corrected chi connectivity index (χ1v) is 12.6. The van der Waals surface area contributed by atoms with E-state index in [1.54, 1.807) is 17.0 Å². The molecule has 7 nitrogen and oxygen atoms in total. The third-order valence-corrected chi connectivity index (χ3v) is 8.31. The van der Waals surface area contributed by atoms with E-state index >= 15 is 0 Å². The van der Waals surface area contributed by atoms with Crippen LogP contribution in [-0.4, -0.2) is 61.7 Å². The van der Waals surface area contributed by atoms with E-state index in [-0.39, 0.29) is 28.7 Å². The third kappa shape index (κ3) is 4.65. The number of halogens is 1. The second-order valence-electron chi connectivity index (χ2n) is 8.56. The van der Waals surface area contributed by atoms with Crippen LogP contribution in [0.15, 0.2) is 29.2 Å². The maximum atomic E-state index is 12.9. The van der Waals surface area contributed by atoms with Gasteiger partial charge in [0.15, 0.2) is 0 Å². The minimum atomic E-state index is -3.62. The van der Waals surface area contributed by atoms with Crippen LogP contribution >= 0.6 is 11.6 Å². The van der Waals surface area contributed by atoms with Crippen LogP contribution in [0.3, 0.4) is 0 Å². The Balaban J connectivity index is 1.29. The highest BCUT2D eigenvalue weighted by Gasteiger charge is 2.40. The number of carbonyl (C=O) groups excluding carboxylic acids is 2. The van der Waals surface area contributed by atoms with E-state index in [9.17, 15) is 18.0 Å². The van der Waals surface area contributed by atoms with E-state index in [0.717, 1.165) is 25.7 Å². The number of likely N-dealkylation sites (tertiary alicyclic amines) is 2. The normalized spacial score (nSPS) is 24.0. The standard InChI is InChI=1S/C21H28ClN3O4S/c22-16-5-7-19(8-6-16)30(28,29)23-17-9-11-24(12-10-17)21(27)15-13-20(26)25(14-15)18-3-1-2-4-18/h5-8,15,17-18,23H,1-4,9-14H2/t15-/m1/s1. The zero-order valence-corrected chi connectivity index (χ0v) is 18.5. The van der Waals surface area contributed by atoms with Gasteiger partial charge in [0.1, 0.15) is 0 Å².